The van der Waals surface area contributed by atoms with Crippen LogP contribution in [0.25, 0.3) is 0 Å². The fourth-order valence-electron chi connectivity index (χ4n) is 1.16. The minimum atomic E-state index is -1.49. The Morgan fingerprint density at radius 2 is 2.22 bits per heavy atom. The standard InChI is InChI=1S/C11H9BrFNO4/c1-2-5-18-11(17)14-9-6(12)3-4-7(13)8(9)10(15)16/h2-4H,1,5H2,(H,14,17)(H,15,16). The van der Waals surface area contributed by atoms with Crippen molar-refractivity contribution in [3.63, 3.8) is 0 Å². The maximum atomic E-state index is 13.4. The lowest BCUT2D eigenvalue weighted by molar-refractivity contribution is 0.0693. The summed E-state index contributed by atoms with van der Waals surface area (Å²) < 4.78 is 18.2. The summed E-state index contributed by atoms with van der Waals surface area (Å²) in [6, 6.07) is 2.26. The van der Waals surface area contributed by atoms with Crippen LogP contribution in [0.3, 0.4) is 0 Å². The minimum Gasteiger partial charge on any atom is -0.478 e. The van der Waals surface area contributed by atoms with Crippen molar-refractivity contribution in [2.75, 3.05) is 11.9 Å². The molecule has 7 heteroatoms. The third kappa shape index (κ3) is 3.30. The smallest absolute Gasteiger partial charge is 0.411 e. The lowest BCUT2D eigenvalue weighted by Crippen LogP contribution is -2.17. The Kier molecular flexibility index (Phi) is 4.85. The monoisotopic (exact) mass is 317 g/mol. The highest BCUT2D eigenvalue weighted by molar-refractivity contribution is 9.10. The number of amides is 1. The summed E-state index contributed by atoms with van der Waals surface area (Å²) in [6.07, 6.45) is 0.446. The van der Waals surface area contributed by atoms with Crippen molar-refractivity contribution in [1.29, 1.82) is 0 Å². The van der Waals surface area contributed by atoms with Gasteiger partial charge in [-0.15, -0.1) is 0 Å². The Labute approximate surface area is 110 Å². The van der Waals surface area contributed by atoms with Crippen molar-refractivity contribution in [1.82, 2.24) is 0 Å². The highest BCUT2D eigenvalue weighted by Crippen LogP contribution is 2.29. The van der Waals surface area contributed by atoms with Crippen LogP contribution in [0.2, 0.25) is 0 Å². The molecule has 1 amide bonds. The molecule has 96 valence electrons. The highest BCUT2D eigenvalue weighted by Gasteiger charge is 2.20. The van der Waals surface area contributed by atoms with E-state index in [1.165, 1.54) is 12.1 Å². The lowest BCUT2D eigenvalue weighted by atomic mass is 10.1. The molecule has 0 unspecified atom stereocenters. The maximum Gasteiger partial charge on any atom is 0.411 e. The molecule has 0 heterocycles. The molecule has 2 N–H and O–H groups in total. The fraction of sp³-hybridized carbons (Fsp3) is 0.0909. The zero-order valence-electron chi connectivity index (χ0n) is 9.07. The number of halogens is 2. The van der Waals surface area contributed by atoms with Crippen molar-refractivity contribution in [3.05, 3.63) is 40.6 Å². The van der Waals surface area contributed by atoms with E-state index in [0.29, 0.717) is 0 Å². The van der Waals surface area contributed by atoms with Gasteiger partial charge in [0.05, 0.1) is 5.69 Å². The Bertz CT molecular complexity index is 504. The molecule has 0 saturated carbocycles. The number of hydrogen-bond acceptors (Lipinski definition) is 3. The van der Waals surface area contributed by atoms with Gasteiger partial charge in [0.25, 0.3) is 0 Å². The normalized spacial score (nSPS) is 9.67. The predicted octanol–water partition coefficient (Wildman–Crippen LogP) is 3.02. The molecule has 0 aliphatic carbocycles. The van der Waals surface area contributed by atoms with E-state index in [1.807, 2.05) is 0 Å². The molecular formula is C11H9BrFNO4. The van der Waals surface area contributed by atoms with Crippen molar-refractivity contribution < 1.29 is 23.8 Å². The summed E-state index contributed by atoms with van der Waals surface area (Å²) in [5.41, 5.74) is -0.837. The lowest BCUT2D eigenvalue weighted by Gasteiger charge is -2.11. The van der Waals surface area contributed by atoms with E-state index in [4.69, 9.17) is 5.11 Å². The number of benzene rings is 1. The molecule has 0 aliphatic rings. The third-order valence-corrected chi connectivity index (χ3v) is 2.54. The van der Waals surface area contributed by atoms with Crippen molar-refractivity contribution in [2.45, 2.75) is 0 Å². The largest absolute Gasteiger partial charge is 0.478 e. The van der Waals surface area contributed by atoms with Crippen LogP contribution in [0.5, 0.6) is 0 Å². The van der Waals surface area contributed by atoms with Gasteiger partial charge in [0.15, 0.2) is 0 Å². The molecule has 1 aromatic carbocycles. The minimum absolute atomic E-state index is 0.0405. The molecule has 0 bridgehead atoms. The molecule has 0 aromatic heterocycles. The Balaban J connectivity index is 3.07. The van der Waals surface area contributed by atoms with E-state index < -0.39 is 23.4 Å². The van der Waals surface area contributed by atoms with E-state index >= 15 is 0 Å². The number of ether oxygens (including phenoxy) is 1. The first kappa shape index (κ1) is 14.2. The van der Waals surface area contributed by atoms with Crippen LogP contribution in [0.1, 0.15) is 10.4 Å². The zero-order valence-corrected chi connectivity index (χ0v) is 10.7. The number of nitrogens with one attached hydrogen (secondary N) is 1. The fourth-order valence-corrected chi connectivity index (χ4v) is 1.59. The number of rotatable bonds is 4. The molecule has 0 spiro atoms. The molecule has 0 radical (unpaired) electrons. The average Bonchev–Trinajstić information content (AvgIpc) is 2.30. The first-order valence-corrected chi connectivity index (χ1v) is 5.52. The van der Waals surface area contributed by atoms with Gasteiger partial charge >= 0.3 is 12.1 Å². The van der Waals surface area contributed by atoms with Crippen molar-refractivity contribution >= 4 is 33.7 Å². The molecule has 0 aliphatic heterocycles. The summed E-state index contributed by atoms with van der Waals surface area (Å²) in [6.45, 7) is 3.31. The Morgan fingerprint density at radius 1 is 1.56 bits per heavy atom. The van der Waals surface area contributed by atoms with Gasteiger partial charge in [0.1, 0.15) is 18.0 Å². The van der Waals surface area contributed by atoms with Crippen LogP contribution in [0, 0.1) is 5.82 Å². The van der Waals surface area contributed by atoms with Gasteiger partial charge in [-0.05, 0) is 28.1 Å². The van der Waals surface area contributed by atoms with Crippen LogP contribution in [0.4, 0.5) is 14.9 Å². The summed E-state index contributed by atoms with van der Waals surface area (Å²) in [5.74, 6) is -2.45. The third-order valence-electron chi connectivity index (χ3n) is 1.88. The van der Waals surface area contributed by atoms with Crippen LogP contribution in [-0.4, -0.2) is 23.8 Å². The molecular weight excluding hydrogens is 309 g/mol. The number of carbonyl (C=O) groups excluding carboxylic acids is 1. The molecule has 1 aromatic rings. The number of carboxylic acids is 1. The molecule has 0 fully saturated rings. The summed E-state index contributed by atoms with van der Waals surface area (Å²) in [4.78, 5) is 22.2. The number of carbonyl (C=O) groups is 2. The quantitative estimate of drug-likeness (QED) is 0.837. The van der Waals surface area contributed by atoms with E-state index in [2.05, 4.69) is 32.6 Å². The first-order chi connectivity index (χ1) is 8.47. The topological polar surface area (TPSA) is 75.6 Å². The van der Waals surface area contributed by atoms with E-state index in [-0.39, 0.29) is 16.8 Å². The maximum absolute atomic E-state index is 13.4. The van der Waals surface area contributed by atoms with Gasteiger partial charge in [-0.3, -0.25) is 5.32 Å². The van der Waals surface area contributed by atoms with E-state index in [9.17, 15) is 14.0 Å². The predicted molar refractivity (Wildman–Crippen MR) is 66.2 cm³/mol. The molecule has 1 rings (SSSR count). The Morgan fingerprint density at radius 3 is 2.78 bits per heavy atom. The summed E-state index contributed by atoms with van der Waals surface area (Å²) in [5, 5.41) is 11.0. The second kappa shape index (κ2) is 6.15. The molecule has 5 nitrogen and oxygen atoms in total. The van der Waals surface area contributed by atoms with Crippen molar-refractivity contribution in [3.8, 4) is 0 Å². The van der Waals surface area contributed by atoms with Gasteiger partial charge in [-0.1, -0.05) is 12.7 Å². The number of carboxylic acid groups (broad SMARTS) is 1. The van der Waals surface area contributed by atoms with E-state index in [1.54, 1.807) is 0 Å². The highest BCUT2D eigenvalue weighted by atomic mass is 79.9. The number of anilines is 1. The van der Waals surface area contributed by atoms with Gasteiger partial charge < -0.3 is 9.84 Å². The second-order valence-electron chi connectivity index (χ2n) is 3.10. The first-order valence-electron chi connectivity index (χ1n) is 4.73. The van der Waals surface area contributed by atoms with Gasteiger partial charge in [-0.2, -0.15) is 0 Å². The average molecular weight is 318 g/mol. The molecule has 0 saturated heterocycles. The number of hydrogen-bond donors (Lipinski definition) is 2. The van der Waals surface area contributed by atoms with Gasteiger partial charge in [0.2, 0.25) is 0 Å². The van der Waals surface area contributed by atoms with Crippen LogP contribution < -0.4 is 5.32 Å². The van der Waals surface area contributed by atoms with Gasteiger partial charge in [0, 0.05) is 4.47 Å². The van der Waals surface area contributed by atoms with Gasteiger partial charge in [-0.25, -0.2) is 14.0 Å². The zero-order chi connectivity index (χ0) is 13.7. The summed E-state index contributed by atoms with van der Waals surface area (Å²) in [7, 11) is 0. The SMILES string of the molecule is C=CCOC(=O)Nc1c(Br)ccc(F)c1C(=O)O. The Hall–Kier alpha value is -1.89. The molecule has 18 heavy (non-hydrogen) atoms. The van der Waals surface area contributed by atoms with Crippen LogP contribution in [0.15, 0.2) is 29.3 Å². The second-order valence-corrected chi connectivity index (χ2v) is 3.95. The van der Waals surface area contributed by atoms with E-state index in [0.717, 1.165) is 6.07 Å². The molecule has 0 atom stereocenters. The van der Waals surface area contributed by atoms with Crippen LogP contribution in [-0.2, 0) is 4.74 Å². The summed E-state index contributed by atoms with van der Waals surface area (Å²) >= 11 is 3.03. The van der Waals surface area contributed by atoms with Crippen molar-refractivity contribution in [2.24, 2.45) is 0 Å². The van der Waals surface area contributed by atoms with Crippen LogP contribution >= 0.6 is 15.9 Å². The number of aromatic carboxylic acids is 1.